The van der Waals surface area contributed by atoms with Gasteiger partial charge in [-0.05, 0) is 30.7 Å². The first-order valence-electron chi connectivity index (χ1n) is 11.1. The normalized spacial score (nSPS) is 17.5. The second kappa shape index (κ2) is 9.55. The van der Waals surface area contributed by atoms with Crippen LogP contribution in [0.25, 0.3) is 11.0 Å². The number of fused-ring (bicyclic) bond motifs is 2. The Kier molecular flexibility index (Phi) is 6.31. The molecule has 0 bridgehead atoms. The van der Waals surface area contributed by atoms with Gasteiger partial charge in [-0.3, -0.25) is 4.98 Å². The third kappa shape index (κ3) is 4.80. The second-order valence-corrected chi connectivity index (χ2v) is 9.76. The molecule has 1 fully saturated rings. The van der Waals surface area contributed by atoms with Gasteiger partial charge in [0.05, 0.1) is 29.6 Å². The van der Waals surface area contributed by atoms with Gasteiger partial charge in [-0.25, -0.2) is 22.9 Å². The van der Waals surface area contributed by atoms with E-state index in [1.54, 1.807) is 35.4 Å². The number of benzene rings is 1. The van der Waals surface area contributed by atoms with Gasteiger partial charge in [0, 0.05) is 37.0 Å². The smallest absolute Gasteiger partial charge is 0.410 e. The Morgan fingerprint density at radius 1 is 1.14 bits per heavy atom. The number of rotatable bonds is 8. The average molecular weight is 501 g/mol. The average Bonchev–Trinajstić information content (AvgIpc) is 3.25. The zero-order chi connectivity index (χ0) is 24.4. The quantitative estimate of drug-likeness (QED) is 0.463. The van der Waals surface area contributed by atoms with Crippen LogP contribution in [0.15, 0.2) is 47.5 Å². The molecule has 3 aromatic rings. The molecule has 1 aromatic carbocycles. The first-order chi connectivity index (χ1) is 16.9. The van der Waals surface area contributed by atoms with Crippen LogP contribution in [-0.4, -0.2) is 69.3 Å². The summed E-state index contributed by atoms with van der Waals surface area (Å²) in [6, 6.07) is 9.79. The van der Waals surface area contributed by atoms with Crippen molar-refractivity contribution in [2.75, 3.05) is 40.0 Å². The first-order valence-corrected chi connectivity index (χ1v) is 12.6. The number of hydrogen-bond acceptors (Lipinski definition) is 9. The van der Waals surface area contributed by atoms with Gasteiger partial charge in [-0.15, -0.1) is 0 Å². The van der Waals surface area contributed by atoms with Crippen molar-refractivity contribution in [2.24, 2.45) is 0 Å². The van der Waals surface area contributed by atoms with Gasteiger partial charge in [0.1, 0.15) is 19.3 Å². The molecule has 2 aliphatic heterocycles. The Balaban J connectivity index is 1.19. The molecule has 0 aliphatic carbocycles. The summed E-state index contributed by atoms with van der Waals surface area (Å²) in [5, 5.41) is 0. The fourth-order valence-electron chi connectivity index (χ4n) is 4.00. The molecule has 0 radical (unpaired) electrons. The van der Waals surface area contributed by atoms with E-state index in [0.717, 1.165) is 5.56 Å². The molecule has 1 unspecified atom stereocenters. The summed E-state index contributed by atoms with van der Waals surface area (Å²) in [5.41, 5.74) is 2.02. The van der Waals surface area contributed by atoms with Crippen molar-refractivity contribution < 1.29 is 32.2 Å². The number of nitrogens with one attached hydrogen (secondary N) is 1. The number of ether oxygens (including phenoxy) is 4. The lowest BCUT2D eigenvalue weighted by Gasteiger charge is -2.19. The molecule has 1 N–H and O–H groups in total. The molecule has 35 heavy (non-hydrogen) atoms. The fourth-order valence-corrected chi connectivity index (χ4v) is 5.09. The Hall–Kier alpha value is -3.64. The van der Waals surface area contributed by atoms with Crippen molar-refractivity contribution in [3.63, 3.8) is 0 Å². The molecule has 5 rings (SSSR count). The van der Waals surface area contributed by atoms with E-state index in [0.29, 0.717) is 61.1 Å². The van der Waals surface area contributed by atoms with Crippen molar-refractivity contribution in [2.45, 2.75) is 17.4 Å². The van der Waals surface area contributed by atoms with Gasteiger partial charge in [0.15, 0.2) is 11.5 Å². The van der Waals surface area contributed by atoms with E-state index < -0.39 is 22.2 Å². The molecule has 4 heterocycles. The maximum atomic E-state index is 12.7. The second-order valence-electron chi connectivity index (χ2n) is 8.00. The van der Waals surface area contributed by atoms with E-state index in [2.05, 4.69) is 14.7 Å². The molecule has 0 spiro atoms. The van der Waals surface area contributed by atoms with E-state index in [4.69, 9.17) is 18.9 Å². The van der Waals surface area contributed by atoms with Crippen LogP contribution in [0.3, 0.4) is 0 Å². The highest BCUT2D eigenvalue weighted by Crippen LogP contribution is 2.33. The summed E-state index contributed by atoms with van der Waals surface area (Å²) in [4.78, 5) is 22.9. The van der Waals surface area contributed by atoms with Gasteiger partial charge >= 0.3 is 6.09 Å². The van der Waals surface area contributed by atoms with Gasteiger partial charge < -0.3 is 23.8 Å². The predicted molar refractivity (Wildman–Crippen MR) is 124 cm³/mol. The van der Waals surface area contributed by atoms with Crippen LogP contribution in [-0.2, 0) is 14.8 Å². The summed E-state index contributed by atoms with van der Waals surface area (Å²) >= 11 is 0. The molecule has 1 atom stereocenters. The highest BCUT2D eigenvalue weighted by atomic mass is 32.2. The number of cyclic esters (lactones) is 1. The van der Waals surface area contributed by atoms with Gasteiger partial charge in [-0.1, -0.05) is 0 Å². The maximum Gasteiger partial charge on any atom is 0.410 e. The zero-order valence-corrected chi connectivity index (χ0v) is 19.8. The lowest BCUT2D eigenvalue weighted by atomic mass is 10.1. The largest absolute Gasteiger partial charge is 0.486 e. The third-order valence-corrected chi connectivity index (χ3v) is 7.21. The van der Waals surface area contributed by atoms with E-state index in [-0.39, 0.29) is 11.4 Å². The van der Waals surface area contributed by atoms with E-state index in [1.807, 2.05) is 0 Å². The van der Waals surface area contributed by atoms with Crippen LogP contribution >= 0.6 is 0 Å². The Morgan fingerprint density at radius 2 is 1.97 bits per heavy atom. The van der Waals surface area contributed by atoms with Crippen LogP contribution < -0.4 is 18.9 Å². The number of hydrogen-bond donors (Lipinski definition) is 1. The number of aromatic nitrogens is 2. The molecule has 2 aromatic heterocycles. The number of carbonyl (C=O) groups excluding carboxylic acids is 1. The predicted octanol–water partition coefficient (Wildman–Crippen LogP) is 2.27. The molecule has 11 nitrogen and oxygen atoms in total. The minimum Gasteiger partial charge on any atom is -0.486 e. The summed E-state index contributed by atoms with van der Waals surface area (Å²) in [6.07, 6.45) is 1.09. The standard InChI is InChI=1S/C23H24N4O7S/c1-31-21-6-4-17-22(26-21)16(7-9-24-17)20-14-27(23(28)34-20)10-2-8-25-35(29,30)15-3-5-18-19(13-15)33-12-11-32-18/h3-7,9,13,20,25H,2,8,10-12,14H2,1H3. The van der Waals surface area contributed by atoms with E-state index >= 15 is 0 Å². The van der Waals surface area contributed by atoms with E-state index in [1.165, 1.54) is 19.2 Å². The summed E-state index contributed by atoms with van der Waals surface area (Å²) < 4.78 is 49.6. The number of methoxy groups -OCH3 is 1. The lowest BCUT2D eigenvalue weighted by molar-refractivity contribution is 0.133. The number of pyridine rings is 2. The molecular weight excluding hydrogens is 476 g/mol. The van der Waals surface area contributed by atoms with Gasteiger partial charge in [0.2, 0.25) is 15.9 Å². The zero-order valence-electron chi connectivity index (χ0n) is 19.0. The van der Waals surface area contributed by atoms with Crippen LogP contribution in [0.4, 0.5) is 4.79 Å². The SMILES string of the molecule is COc1ccc2nccc(C3CN(CCCNS(=O)(=O)c4ccc5c(c4)OCCO5)C(=O)O3)c2n1. The van der Waals surface area contributed by atoms with Crippen LogP contribution in [0.1, 0.15) is 18.1 Å². The Bertz CT molecular complexity index is 1370. The first kappa shape index (κ1) is 23.1. The molecule has 1 saturated heterocycles. The molecule has 0 saturated carbocycles. The summed E-state index contributed by atoms with van der Waals surface area (Å²) in [7, 11) is -2.20. The fraction of sp³-hybridized carbons (Fsp3) is 0.348. The van der Waals surface area contributed by atoms with Crippen LogP contribution in [0.5, 0.6) is 17.4 Å². The van der Waals surface area contributed by atoms with Gasteiger partial charge in [-0.2, -0.15) is 0 Å². The highest BCUT2D eigenvalue weighted by molar-refractivity contribution is 7.89. The van der Waals surface area contributed by atoms with E-state index in [9.17, 15) is 13.2 Å². The molecule has 184 valence electrons. The van der Waals surface area contributed by atoms with Crippen molar-refractivity contribution in [3.8, 4) is 17.4 Å². The molecular formula is C23H24N4O7S. The van der Waals surface area contributed by atoms with Crippen molar-refractivity contribution >= 4 is 27.1 Å². The number of nitrogens with zero attached hydrogens (tertiary/aromatic N) is 3. The van der Waals surface area contributed by atoms with Crippen LogP contribution in [0, 0.1) is 0 Å². The van der Waals surface area contributed by atoms with Crippen molar-refractivity contribution in [3.05, 3.63) is 48.2 Å². The topological polar surface area (TPSA) is 129 Å². The monoisotopic (exact) mass is 500 g/mol. The minimum absolute atomic E-state index is 0.0925. The highest BCUT2D eigenvalue weighted by Gasteiger charge is 2.33. The molecule has 12 heteroatoms. The molecule has 1 amide bonds. The number of sulfonamides is 1. The van der Waals surface area contributed by atoms with Gasteiger partial charge in [0.25, 0.3) is 0 Å². The van der Waals surface area contributed by atoms with Crippen molar-refractivity contribution in [1.29, 1.82) is 0 Å². The Morgan fingerprint density at radius 3 is 2.80 bits per heavy atom. The summed E-state index contributed by atoms with van der Waals surface area (Å²) in [5.74, 6) is 1.37. The summed E-state index contributed by atoms with van der Waals surface area (Å²) in [6.45, 7) is 1.61. The Labute approximate surface area is 202 Å². The maximum absolute atomic E-state index is 12.7. The van der Waals surface area contributed by atoms with Crippen LogP contribution in [0.2, 0.25) is 0 Å². The minimum atomic E-state index is -3.74. The lowest BCUT2D eigenvalue weighted by Crippen LogP contribution is -2.30. The molecule has 2 aliphatic rings. The number of amides is 1. The third-order valence-electron chi connectivity index (χ3n) is 5.75. The van der Waals surface area contributed by atoms with Crippen molar-refractivity contribution in [1.82, 2.24) is 19.6 Å². The number of carbonyl (C=O) groups is 1.